The van der Waals surface area contributed by atoms with Crippen molar-refractivity contribution in [1.29, 1.82) is 0 Å². The fraction of sp³-hybridized carbons (Fsp3) is 0.350. The molecule has 1 aromatic heterocycles. The molecule has 1 fully saturated rings. The molecule has 1 saturated heterocycles. The lowest BCUT2D eigenvalue weighted by atomic mass is 10.1. The Morgan fingerprint density at radius 2 is 1.93 bits per heavy atom. The minimum Gasteiger partial charge on any atom is -0.312 e. The van der Waals surface area contributed by atoms with Crippen molar-refractivity contribution in [3.8, 4) is 0 Å². The van der Waals surface area contributed by atoms with E-state index < -0.39 is 0 Å². The molecular weight excluding hydrogens is 362 g/mol. The number of hydrogen-bond donors (Lipinski definition) is 2. The van der Waals surface area contributed by atoms with Gasteiger partial charge in [-0.3, -0.25) is 25.2 Å². The molecule has 0 aliphatic carbocycles. The van der Waals surface area contributed by atoms with Crippen molar-refractivity contribution in [1.82, 2.24) is 10.9 Å². The Labute approximate surface area is 162 Å². The SMILES string of the molecule is CCc1sc(C(=O)NNC(=O)Cc2ccc(N3CCCC3=O)cc2)cc1C. The number of anilines is 1. The number of hydrazine groups is 1. The van der Waals surface area contributed by atoms with Gasteiger partial charge in [0.25, 0.3) is 5.91 Å². The molecule has 1 aromatic carbocycles. The van der Waals surface area contributed by atoms with Crippen molar-refractivity contribution >= 4 is 34.7 Å². The summed E-state index contributed by atoms with van der Waals surface area (Å²) in [4.78, 5) is 39.5. The number of thiophene rings is 1. The van der Waals surface area contributed by atoms with Crippen LogP contribution in [-0.4, -0.2) is 24.3 Å². The maximum atomic E-state index is 12.2. The van der Waals surface area contributed by atoms with Crippen LogP contribution in [0.4, 0.5) is 5.69 Å². The molecule has 0 atom stereocenters. The Kier molecular flexibility index (Phi) is 5.91. The fourth-order valence-electron chi connectivity index (χ4n) is 3.12. The van der Waals surface area contributed by atoms with Crippen molar-refractivity contribution in [2.24, 2.45) is 0 Å². The molecule has 0 unspecified atom stereocenters. The number of amides is 3. The van der Waals surface area contributed by atoms with Gasteiger partial charge in [-0.15, -0.1) is 11.3 Å². The summed E-state index contributed by atoms with van der Waals surface area (Å²) in [6.45, 7) is 4.77. The zero-order valence-corrected chi connectivity index (χ0v) is 16.3. The number of rotatable bonds is 5. The maximum absolute atomic E-state index is 12.2. The zero-order valence-electron chi connectivity index (χ0n) is 15.5. The van der Waals surface area contributed by atoms with E-state index in [0.29, 0.717) is 11.3 Å². The highest BCUT2D eigenvalue weighted by atomic mass is 32.1. The largest absolute Gasteiger partial charge is 0.312 e. The van der Waals surface area contributed by atoms with Crippen LogP contribution in [0.1, 0.15) is 45.4 Å². The quantitative estimate of drug-likeness (QED) is 0.777. The first-order chi connectivity index (χ1) is 13.0. The van der Waals surface area contributed by atoms with Crippen molar-refractivity contribution in [3.63, 3.8) is 0 Å². The highest BCUT2D eigenvalue weighted by molar-refractivity contribution is 7.14. The molecule has 2 N–H and O–H groups in total. The first-order valence-corrected chi connectivity index (χ1v) is 9.87. The molecule has 0 radical (unpaired) electrons. The topological polar surface area (TPSA) is 78.5 Å². The van der Waals surface area contributed by atoms with Gasteiger partial charge in [0.15, 0.2) is 0 Å². The number of carbonyl (C=O) groups excluding carboxylic acids is 3. The summed E-state index contributed by atoms with van der Waals surface area (Å²) < 4.78 is 0. The Morgan fingerprint density at radius 1 is 1.19 bits per heavy atom. The van der Waals surface area contributed by atoms with E-state index in [1.807, 2.05) is 44.2 Å². The van der Waals surface area contributed by atoms with Crippen molar-refractivity contribution < 1.29 is 14.4 Å². The van der Waals surface area contributed by atoms with Gasteiger partial charge in [-0.25, -0.2) is 0 Å². The van der Waals surface area contributed by atoms with Crippen LogP contribution in [0.3, 0.4) is 0 Å². The molecule has 27 heavy (non-hydrogen) atoms. The van der Waals surface area contributed by atoms with E-state index in [1.165, 1.54) is 16.2 Å². The average Bonchev–Trinajstić information content (AvgIpc) is 3.25. The smallest absolute Gasteiger partial charge is 0.279 e. The number of benzene rings is 1. The van der Waals surface area contributed by atoms with Crippen LogP contribution in [0, 0.1) is 6.92 Å². The molecule has 1 aliphatic heterocycles. The first kappa shape index (κ1) is 19.1. The number of nitrogens with one attached hydrogen (secondary N) is 2. The molecule has 7 heteroatoms. The van der Waals surface area contributed by atoms with Gasteiger partial charge in [-0.1, -0.05) is 19.1 Å². The van der Waals surface area contributed by atoms with Crippen LogP contribution in [0.2, 0.25) is 0 Å². The Balaban J connectivity index is 1.51. The van der Waals surface area contributed by atoms with Gasteiger partial charge in [0.2, 0.25) is 11.8 Å². The van der Waals surface area contributed by atoms with Crippen LogP contribution in [0.25, 0.3) is 0 Å². The minimum absolute atomic E-state index is 0.137. The fourth-order valence-corrected chi connectivity index (χ4v) is 4.12. The van der Waals surface area contributed by atoms with E-state index >= 15 is 0 Å². The second kappa shape index (κ2) is 8.35. The third-order valence-corrected chi connectivity index (χ3v) is 5.95. The van der Waals surface area contributed by atoms with E-state index in [2.05, 4.69) is 10.9 Å². The summed E-state index contributed by atoms with van der Waals surface area (Å²) in [6, 6.07) is 9.20. The van der Waals surface area contributed by atoms with Crippen LogP contribution in [0.5, 0.6) is 0 Å². The average molecular weight is 385 g/mol. The number of nitrogens with zero attached hydrogens (tertiary/aromatic N) is 1. The van der Waals surface area contributed by atoms with Gasteiger partial charge in [0.05, 0.1) is 11.3 Å². The second-order valence-corrected chi connectivity index (χ2v) is 7.70. The van der Waals surface area contributed by atoms with E-state index in [0.717, 1.165) is 36.2 Å². The highest BCUT2D eigenvalue weighted by Gasteiger charge is 2.21. The van der Waals surface area contributed by atoms with Crippen LogP contribution < -0.4 is 15.8 Å². The van der Waals surface area contributed by atoms with Crippen molar-refractivity contribution in [2.75, 3.05) is 11.4 Å². The molecule has 1 aliphatic rings. The summed E-state index contributed by atoms with van der Waals surface area (Å²) in [5, 5.41) is 0. The van der Waals surface area contributed by atoms with Gasteiger partial charge < -0.3 is 4.90 Å². The van der Waals surface area contributed by atoms with Crippen LogP contribution in [-0.2, 0) is 22.4 Å². The minimum atomic E-state index is -0.306. The van der Waals surface area contributed by atoms with Gasteiger partial charge in [-0.2, -0.15) is 0 Å². The molecule has 3 rings (SSSR count). The predicted octanol–water partition coefficient (Wildman–Crippen LogP) is 2.75. The van der Waals surface area contributed by atoms with Gasteiger partial charge in [-0.05, 0) is 49.1 Å². The third kappa shape index (κ3) is 4.54. The molecule has 0 bridgehead atoms. The summed E-state index contributed by atoms with van der Waals surface area (Å²) in [6.07, 6.45) is 2.51. The summed E-state index contributed by atoms with van der Waals surface area (Å²) in [5.41, 5.74) is 7.69. The van der Waals surface area contributed by atoms with Crippen molar-refractivity contribution in [2.45, 2.75) is 39.5 Å². The van der Waals surface area contributed by atoms with Gasteiger partial charge in [0, 0.05) is 23.5 Å². The van der Waals surface area contributed by atoms with Crippen LogP contribution >= 0.6 is 11.3 Å². The van der Waals surface area contributed by atoms with E-state index in [9.17, 15) is 14.4 Å². The van der Waals surface area contributed by atoms with Crippen molar-refractivity contribution in [3.05, 3.63) is 51.2 Å². The molecule has 6 nitrogen and oxygen atoms in total. The number of aryl methyl sites for hydroxylation is 2. The van der Waals surface area contributed by atoms with E-state index in [-0.39, 0.29) is 24.1 Å². The lowest BCUT2D eigenvalue weighted by Crippen LogP contribution is -2.42. The molecule has 0 spiro atoms. The summed E-state index contributed by atoms with van der Waals surface area (Å²) in [7, 11) is 0. The Hall–Kier alpha value is -2.67. The lowest BCUT2D eigenvalue weighted by molar-refractivity contribution is -0.121. The lowest BCUT2D eigenvalue weighted by Gasteiger charge is -2.15. The van der Waals surface area contributed by atoms with E-state index in [4.69, 9.17) is 0 Å². The Bertz CT molecular complexity index is 858. The number of hydrogen-bond acceptors (Lipinski definition) is 4. The standard InChI is InChI=1S/C20H23N3O3S/c1-3-16-13(2)11-17(27-16)20(26)22-21-18(24)12-14-6-8-15(9-7-14)23-10-4-5-19(23)25/h6-9,11H,3-5,10,12H2,1-2H3,(H,21,24)(H,22,26). The Morgan fingerprint density at radius 3 is 2.52 bits per heavy atom. The summed E-state index contributed by atoms with van der Waals surface area (Å²) >= 11 is 1.44. The molecule has 0 saturated carbocycles. The monoisotopic (exact) mass is 385 g/mol. The second-order valence-electron chi connectivity index (χ2n) is 6.56. The normalized spacial score (nSPS) is 13.7. The van der Waals surface area contributed by atoms with Gasteiger partial charge >= 0.3 is 0 Å². The first-order valence-electron chi connectivity index (χ1n) is 9.05. The van der Waals surface area contributed by atoms with E-state index in [1.54, 1.807) is 4.90 Å². The molecule has 142 valence electrons. The zero-order chi connectivity index (χ0) is 19.4. The molecule has 2 heterocycles. The van der Waals surface area contributed by atoms with Gasteiger partial charge in [0.1, 0.15) is 0 Å². The molecular formula is C20H23N3O3S. The summed E-state index contributed by atoms with van der Waals surface area (Å²) in [5.74, 6) is -0.463. The maximum Gasteiger partial charge on any atom is 0.279 e. The molecule has 3 amide bonds. The molecule has 2 aromatic rings. The third-order valence-electron chi connectivity index (χ3n) is 4.57. The highest BCUT2D eigenvalue weighted by Crippen LogP contribution is 2.22. The predicted molar refractivity (Wildman–Crippen MR) is 106 cm³/mol. The van der Waals surface area contributed by atoms with Crippen LogP contribution in [0.15, 0.2) is 30.3 Å². The number of carbonyl (C=O) groups is 3.